The van der Waals surface area contributed by atoms with Gasteiger partial charge in [-0.2, -0.15) is 11.8 Å². The fraction of sp³-hybridized carbons (Fsp3) is 0.538. The number of rotatable bonds is 4. The molecule has 1 aromatic rings. The first-order valence-electron chi connectivity index (χ1n) is 5.27. The summed E-state index contributed by atoms with van der Waals surface area (Å²) in [6.45, 7) is 7.42. The zero-order chi connectivity index (χ0) is 11.3. The van der Waals surface area contributed by atoms with E-state index >= 15 is 0 Å². The Morgan fingerprint density at radius 2 is 1.87 bits per heavy atom. The van der Waals surface area contributed by atoms with Crippen molar-refractivity contribution in [2.45, 2.75) is 26.2 Å². The third kappa shape index (κ3) is 3.78. The lowest BCUT2D eigenvalue weighted by Gasteiger charge is -2.22. The molecule has 0 heterocycles. The molecule has 0 aromatic heterocycles. The molecule has 0 unspecified atom stereocenters. The highest BCUT2D eigenvalue weighted by Gasteiger charge is 2.17. The first-order chi connectivity index (χ1) is 7.05. The third-order valence-electron chi connectivity index (χ3n) is 2.24. The summed E-state index contributed by atoms with van der Waals surface area (Å²) in [6, 6.07) is 8.31. The lowest BCUT2D eigenvalue weighted by Crippen LogP contribution is -2.14. The molecule has 0 atom stereocenters. The molecule has 0 saturated carbocycles. The summed E-state index contributed by atoms with van der Waals surface area (Å²) < 4.78 is 5.78. The van der Waals surface area contributed by atoms with Gasteiger partial charge in [0.1, 0.15) is 5.75 Å². The van der Waals surface area contributed by atoms with Crippen LogP contribution >= 0.6 is 11.8 Å². The maximum atomic E-state index is 5.78. The second-order valence-corrected chi connectivity index (χ2v) is 5.57. The molecule has 0 amide bonds. The van der Waals surface area contributed by atoms with Gasteiger partial charge in [-0.1, -0.05) is 39.0 Å². The summed E-state index contributed by atoms with van der Waals surface area (Å²) in [5.74, 6) is 2.07. The van der Waals surface area contributed by atoms with Crippen LogP contribution < -0.4 is 4.74 Å². The van der Waals surface area contributed by atoms with E-state index in [2.05, 4.69) is 45.2 Å². The highest BCUT2D eigenvalue weighted by Crippen LogP contribution is 2.30. The van der Waals surface area contributed by atoms with E-state index in [0.29, 0.717) is 0 Å². The first kappa shape index (κ1) is 12.4. The summed E-state index contributed by atoms with van der Waals surface area (Å²) in [5, 5.41) is 0. The van der Waals surface area contributed by atoms with E-state index in [1.807, 2.05) is 17.8 Å². The summed E-state index contributed by atoms with van der Waals surface area (Å²) in [4.78, 5) is 0. The fourth-order valence-corrected chi connectivity index (χ4v) is 1.70. The molecule has 0 saturated heterocycles. The Balaban J connectivity index is 2.78. The Hall–Kier alpha value is -0.630. The van der Waals surface area contributed by atoms with Crippen molar-refractivity contribution in [3.63, 3.8) is 0 Å². The molecular formula is C13H20OS. The van der Waals surface area contributed by atoms with Crippen molar-refractivity contribution in [2.75, 3.05) is 18.6 Å². The monoisotopic (exact) mass is 224 g/mol. The molecule has 2 heteroatoms. The van der Waals surface area contributed by atoms with Gasteiger partial charge in [0.25, 0.3) is 0 Å². The Morgan fingerprint density at radius 3 is 2.47 bits per heavy atom. The lowest BCUT2D eigenvalue weighted by atomic mass is 9.86. The summed E-state index contributed by atoms with van der Waals surface area (Å²) in [6.07, 6.45) is 2.10. The molecule has 0 fully saturated rings. The molecule has 0 aliphatic carbocycles. The van der Waals surface area contributed by atoms with Crippen LogP contribution in [0.5, 0.6) is 5.75 Å². The van der Waals surface area contributed by atoms with Gasteiger partial charge < -0.3 is 4.74 Å². The van der Waals surface area contributed by atoms with Crippen LogP contribution in [0.2, 0.25) is 0 Å². The van der Waals surface area contributed by atoms with Gasteiger partial charge in [0.2, 0.25) is 0 Å². The standard InChI is InChI=1S/C13H20OS/c1-13(2,3)11-7-5-6-8-12(11)14-9-10-15-4/h5-8H,9-10H2,1-4H3. The Kier molecular flexibility index (Phi) is 4.52. The second kappa shape index (κ2) is 5.45. The molecular weight excluding hydrogens is 204 g/mol. The molecule has 0 aliphatic heterocycles. The zero-order valence-electron chi connectivity index (χ0n) is 10.0. The van der Waals surface area contributed by atoms with Crippen LogP contribution in [0.1, 0.15) is 26.3 Å². The van der Waals surface area contributed by atoms with Crippen LogP contribution in [-0.2, 0) is 5.41 Å². The first-order valence-corrected chi connectivity index (χ1v) is 6.66. The average Bonchev–Trinajstić information content (AvgIpc) is 2.17. The molecule has 0 bridgehead atoms. The summed E-state index contributed by atoms with van der Waals surface area (Å²) in [7, 11) is 0. The lowest BCUT2D eigenvalue weighted by molar-refractivity contribution is 0.333. The maximum Gasteiger partial charge on any atom is 0.123 e. The minimum absolute atomic E-state index is 0.149. The van der Waals surface area contributed by atoms with Gasteiger partial charge in [0.05, 0.1) is 6.61 Å². The average molecular weight is 224 g/mol. The number of hydrogen-bond acceptors (Lipinski definition) is 2. The van der Waals surface area contributed by atoms with Crippen molar-refractivity contribution in [1.29, 1.82) is 0 Å². The summed E-state index contributed by atoms with van der Waals surface area (Å²) >= 11 is 1.81. The van der Waals surface area contributed by atoms with E-state index in [1.54, 1.807) is 0 Å². The molecule has 84 valence electrons. The van der Waals surface area contributed by atoms with Crippen LogP contribution in [0.4, 0.5) is 0 Å². The van der Waals surface area contributed by atoms with Crippen molar-refractivity contribution in [3.05, 3.63) is 29.8 Å². The smallest absolute Gasteiger partial charge is 0.123 e. The molecule has 0 spiro atoms. The normalized spacial score (nSPS) is 11.5. The Morgan fingerprint density at radius 1 is 1.20 bits per heavy atom. The predicted molar refractivity (Wildman–Crippen MR) is 69.0 cm³/mol. The number of thioether (sulfide) groups is 1. The molecule has 0 aliphatic rings. The topological polar surface area (TPSA) is 9.23 Å². The Labute approximate surface area is 97.2 Å². The Bertz CT molecular complexity index is 302. The van der Waals surface area contributed by atoms with Crippen LogP contribution in [0.3, 0.4) is 0 Å². The minimum Gasteiger partial charge on any atom is -0.492 e. The molecule has 1 nitrogen and oxygen atoms in total. The largest absolute Gasteiger partial charge is 0.492 e. The van der Waals surface area contributed by atoms with E-state index in [9.17, 15) is 0 Å². The maximum absolute atomic E-state index is 5.78. The van der Waals surface area contributed by atoms with Gasteiger partial charge in [-0.05, 0) is 23.3 Å². The van der Waals surface area contributed by atoms with Gasteiger partial charge in [0, 0.05) is 5.75 Å². The van der Waals surface area contributed by atoms with Gasteiger partial charge >= 0.3 is 0 Å². The number of para-hydroxylation sites is 1. The van der Waals surface area contributed by atoms with Crippen LogP contribution in [0, 0.1) is 0 Å². The SMILES string of the molecule is CSCCOc1ccccc1C(C)(C)C. The molecule has 0 N–H and O–H groups in total. The van der Waals surface area contributed by atoms with Gasteiger partial charge in [0.15, 0.2) is 0 Å². The highest BCUT2D eigenvalue weighted by atomic mass is 32.2. The zero-order valence-corrected chi connectivity index (χ0v) is 10.9. The third-order valence-corrected chi connectivity index (χ3v) is 2.82. The summed E-state index contributed by atoms with van der Waals surface area (Å²) in [5.41, 5.74) is 1.43. The van der Waals surface area contributed by atoms with Crippen LogP contribution in [0.15, 0.2) is 24.3 Å². The van der Waals surface area contributed by atoms with Crippen LogP contribution in [-0.4, -0.2) is 18.6 Å². The van der Waals surface area contributed by atoms with E-state index in [-0.39, 0.29) is 5.41 Å². The molecule has 1 aromatic carbocycles. The van der Waals surface area contributed by atoms with E-state index in [0.717, 1.165) is 18.1 Å². The minimum atomic E-state index is 0.149. The number of benzene rings is 1. The second-order valence-electron chi connectivity index (χ2n) is 4.59. The number of hydrogen-bond donors (Lipinski definition) is 0. The number of ether oxygens (including phenoxy) is 1. The van der Waals surface area contributed by atoms with Gasteiger partial charge in [-0.3, -0.25) is 0 Å². The van der Waals surface area contributed by atoms with Crippen molar-refractivity contribution < 1.29 is 4.74 Å². The van der Waals surface area contributed by atoms with E-state index < -0.39 is 0 Å². The van der Waals surface area contributed by atoms with Crippen molar-refractivity contribution in [2.24, 2.45) is 0 Å². The van der Waals surface area contributed by atoms with E-state index in [1.165, 1.54) is 5.56 Å². The van der Waals surface area contributed by atoms with Gasteiger partial charge in [-0.15, -0.1) is 0 Å². The van der Waals surface area contributed by atoms with E-state index in [4.69, 9.17) is 4.74 Å². The fourth-order valence-electron chi connectivity index (χ4n) is 1.45. The molecule has 0 radical (unpaired) electrons. The van der Waals surface area contributed by atoms with Crippen molar-refractivity contribution in [3.8, 4) is 5.75 Å². The predicted octanol–water partition coefficient (Wildman–Crippen LogP) is 3.73. The van der Waals surface area contributed by atoms with Crippen LogP contribution in [0.25, 0.3) is 0 Å². The highest BCUT2D eigenvalue weighted by molar-refractivity contribution is 7.98. The van der Waals surface area contributed by atoms with Gasteiger partial charge in [-0.25, -0.2) is 0 Å². The van der Waals surface area contributed by atoms with Crippen molar-refractivity contribution in [1.82, 2.24) is 0 Å². The van der Waals surface area contributed by atoms with Crippen molar-refractivity contribution >= 4 is 11.8 Å². The quantitative estimate of drug-likeness (QED) is 0.721. The molecule has 15 heavy (non-hydrogen) atoms. The molecule has 1 rings (SSSR count).